The maximum atomic E-state index is 13.2. The van der Waals surface area contributed by atoms with Crippen LogP contribution in [0.2, 0.25) is 0 Å². The number of amides is 1. The van der Waals surface area contributed by atoms with Crippen molar-refractivity contribution in [2.75, 3.05) is 33.5 Å². The van der Waals surface area contributed by atoms with Crippen molar-refractivity contribution in [3.05, 3.63) is 46.3 Å². The lowest BCUT2D eigenvalue weighted by molar-refractivity contribution is 0.0996. The summed E-state index contributed by atoms with van der Waals surface area (Å²) in [6, 6.07) is 9.54. The number of carbonyl (C=O) groups is 1. The molecule has 0 atom stereocenters. The van der Waals surface area contributed by atoms with E-state index in [2.05, 4.69) is 23.2 Å². The minimum atomic E-state index is -0.371. The number of ether oxygens (including phenoxy) is 4. The van der Waals surface area contributed by atoms with Crippen molar-refractivity contribution in [1.29, 1.82) is 0 Å². The Labute approximate surface area is 192 Å². The first-order valence-electron chi connectivity index (χ1n) is 10.8. The van der Waals surface area contributed by atoms with Crippen molar-refractivity contribution < 1.29 is 23.7 Å². The third-order valence-electron chi connectivity index (χ3n) is 4.71. The van der Waals surface area contributed by atoms with E-state index < -0.39 is 0 Å². The highest BCUT2D eigenvalue weighted by Gasteiger charge is 2.18. The minimum absolute atomic E-state index is 0.371. The minimum Gasteiger partial charge on any atom is -0.490 e. The molecule has 7 nitrogen and oxygen atoms in total. The Bertz CT molecular complexity index is 1120. The third kappa shape index (κ3) is 5.31. The van der Waals surface area contributed by atoms with E-state index in [0.717, 1.165) is 15.8 Å². The second-order valence-electron chi connectivity index (χ2n) is 7.02. The molecule has 0 N–H and O–H groups in total. The van der Waals surface area contributed by atoms with Crippen molar-refractivity contribution in [3.63, 3.8) is 0 Å². The second kappa shape index (κ2) is 11.2. The molecular weight excluding hydrogens is 428 g/mol. The van der Waals surface area contributed by atoms with Crippen LogP contribution < -0.4 is 19.0 Å². The second-order valence-corrected chi connectivity index (χ2v) is 8.03. The molecule has 0 saturated heterocycles. The molecule has 1 heterocycles. The van der Waals surface area contributed by atoms with Crippen LogP contribution >= 0.6 is 11.3 Å². The van der Waals surface area contributed by atoms with E-state index in [9.17, 15) is 4.79 Å². The largest absolute Gasteiger partial charge is 0.490 e. The zero-order valence-corrected chi connectivity index (χ0v) is 20.1. The van der Waals surface area contributed by atoms with Gasteiger partial charge in [-0.15, -0.1) is 0 Å². The van der Waals surface area contributed by atoms with Gasteiger partial charge in [0.05, 0.1) is 36.6 Å². The van der Waals surface area contributed by atoms with Crippen molar-refractivity contribution in [1.82, 2.24) is 4.57 Å². The fourth-order valence-corrected chi connectivity index (χ4v) is 4.48. The number of aryl methyl sites for hydroxylation is 1. The Kier molecular flexibility index (Phi) is 8.30. The number of nitrogens with zero attached hydrogens (tertiary/aromatic N) is 2. The van der Waals surface area contributed by atoms with E-state index in [1.807, 2.05) is 32.3 Å². The predicted molar refractivity (Wildman–Crippen MR) is 126 cm³/mol. The number of fused-ring (bicyclic) bond motifs is 1. The Morgan fingerprint density at radius 1 is 1.00 bits per heavy atom. The van der Waals surface area contributed by atoms with Crippen LogP contribution in [0.15, 0.2) is 35.3 Å². The van der Waals surface area contributed by atoms with Crippen LogP contribution in [0.5, 0.6) is 17.2 Å². The van der Waals surface area contributed by atoms with E-state index in [4.69, 9.17) is 18.9 Å². The number of carbonyl (C=O) groups excluding carboxylic acids is 1. The smallest absolute Gasteiger partial charge is 0.279 e. The lowest BCUT2D eigenvalue weighted by atomic mass is 10.1. The molecule has 3 rings (SSSR count). The highest BCUT2D eigenvalue weighted by atomic mass is 32.1. The average Bonchev–Trinajstić information content (AvgIpc) is 3.10. The van der Waals surface area contributed by atoms with Gasteiger partial charge in [-0.05, 0) is 57.5 Å². The van der Waals surface area contributed by atoms with E-state index in [-0.39, 0.29) is 5.91 Å². The fraction of sp³-hybridized carbons (Fsp3) is 0.417. The van der Waals surface area contributed by atoms with Crippen LogP contribution in [0.1, 0.15) is 36.7 Å². The summed E-state index contributed by atoms with van der Waals surface area (Å²) in [5.74, 6) is 1.07. The van der Waals surface area contributed by atoms with Crippen molar-refractivity contribution in [2.24, 2.45) is 4.99 Å². The summed E-state index contributed by atoms with van der Waals surface area (Å²) in [5, 5.41) is 0. The third-order valence-corrected chi connectivity index (χ3v) is 5.75. The lowest BCUT2D eigenvalue weighted by Crippen LogP contribution is -2.19. The molecule has 0 fully saturated rings. The maximum Gasteiger partial charge on any atom is 0.279 e. The summed E-state index contributed by atoms with van der Waals surface area (Å²) in [6.07, 6.45) is 0. The topological polar surface area (TPSA) is 71.3 Å². The average molecular weight is 459 g/mol. The highest BCUT2D eigenvalue weighted by Crippen LogP contribution is 2.39. The molecule has 0 unspecified atom stereocenters. The van der Waals surface area contributed by atoms with Gasteiger partial charge in [0.2, 0.25) is 5.75 Å². The van der Waals surface area contributed by atoms with Gasteiger partial charge >= 0.3 is 0 Å². The number of methoxy groups -OCH3 is 1. The summed E-state index contributed by atoms with van der Waals surface area (Å²) < 4.78 is 25.6. The van der Waals surface area contributed by atoms with Crippen LogP contribution in [0.3, 0.4) is 0 Å². The summed E-state index contributed by atoms with van der Waals surface area (Å²) in [4.78, 5) is 18.3. The van der Waals surface area contributed by atoms with Crippen LogP contribution in [0.25, 0.3) is 10.2 Å². The lowest BCUT2D eigenvalue weighted by Gasteiger charge is -2.16. The first-order chi connectivity index (χ1) is 15.5. The number of thiazole rings is 1. The Morgan fingerprint density at radius 2 is 1.66 bits per heavy atom. The van der Waals surface area contributed by atoms with Gasteiger partial charge in [-0.1, -0.05) is 17.4 Å². The summed E-state index contributed by atoms with van der Waals surface area (Å²) in [7, 11) is 1.66. The molecule has 1 amide bonds. The SMILES string of the molecule is CCOc1cc(C(=O)N=c2sc3cc(C)ccc3n2CCOC)cc(OCC)c1OCC. The van der Waals surface area contributed by atoms with Crippen molar-refractivity contribution in [2.45, 2.75) is 34.2 Å². The molecule has 3 aromatic rings. The highest BCUT2D eigenvalue weighted by molar-refractivity contribution is 7.16. The Hall–Kier alpha value is -2.84. The normalized spacial score (nSPS) is 11.7. The van der Waals surface area contributed by atoms with Crippen LogP contribution in [0.4, 0.5) is 0 Å². The van der Waals surface area contributed by atoms with Gasteiger partial charge in [0.25, 0.3) is 5.91 Å². The number of benzene rings is 2. The quantitative estimate of drug-likeness (QED) is 0.444. The van der Waals surface area contributed by atoms with E-state index in [1.165, 1.54) is 11.3 Å². The van der Waals surface area contributed by atoms with Gasteiger partial charge in [-0.25, -0.2) is 0 Å². The monoisotopic (exact) mass is 458 g/mol. The predicted octanol–water partition coefficient (Wildman–Crippen LogP) is 4.59. The number of hydrogen-bond acceptors (Lipinski definition) is 6. The zero-order chi connectivity index (χ0) is 23.1. The molecule has 32 heavy (non-hydrogen) atoms. The van der Waals surface area contributed by atoms with Crippen molar-refractivity contribution in [3.8, 4) is 17.2 Å². The van der Waals surface area contributed by atoms with Crippen LogP contribution in [-0.4, -0.2) is 44.0 Å². The summed E-state index contributed by atoms with van der Waals surface area (Å²) in [6.45, 7) is 10.2. The maximum absolute atomic E-state index is 13.2. The van der Waals surface area contributed by atoms with Gasteiger partial charge in [0.15, 0.2) is 16.3 Å². The van der Waals surface area contributed by atoms with E-state index in [0.29, 0.717) is 60.6 Å². The molecule has 0 radical (unpaired) electrons. The van der Waals surface area contributed by atoms with Gasteiger partial charge in [0.1, 0.15) is 0 Å². The molecule has 8 heteroatoms. The standard InChI is InChI=1S/C24H30N2O5S/c1-6-29-19-14-17(15-20(30-7-2)22(19)31-8-3)23(27)25-24-26(11-12-28-5)18-10-9-16(4)13-21(18)32-24/h9-10,13-15H,6-8,11-12H2,1-5H3. The number of rotatable bonds is 10. The van der Waals surface area contributed by atoms with E-state index >= 15 is 0 Å². The van der Waals surface area contributed by atoms with Gasteiger partial charge in [-0.3, -0.25) is 4.79 Å². The first-order valence-corrected chi connectivity index (χ1v) is 11.6. The molecule has 0 saturated carbocycles. The van der Waals surface area contributed by atoms with Gasteiger partial charge < -0.3 is 23.5 Å². The molecule has 0 spiro atoms. The van der Waals surface area contributed by atoms with Crippen molar-refractivity contribution >= 4 is 27.5 Å². The molecule has 1 aromatic heterocycles. The number of aromatic nitrogens is 1. The number of hydrogen-bond donors (Lipinski definition) is 0. The van der Waals surface area contributed by atoms with E-state index in [1.54, 1.807) is 19.2 Å². The fourth-order valence-electron chi connectivity index (χ4n) is 3.33. The molecule has 0 bridgehead atoms. The summed E-state index contributed by atoms with van der Waals surface area (Å²) in [5.41, 5.74) is 2.57. The van der Waals surface area contributed by atoms with Gasteiger partial charge in [0, 0.05) is 19.2 Å². The molecule has 0 aliphatic carbocycles. The molecular formula is C24H30N2O5S. The van der Waals surface area contributed by atoms with Crippen LogP contribution in [0, 0.1) is 6.92 Å². The van der Waals surface area contributed by atoms with Gasteiger partial charge in [-0.2, -0.15) is 4.99 Å². The molecule has 0 aliphatic heterocycles. The molecule has 0 aliphatic rings. The van der Waals surface area contributed by atoms with Crippen LogP contribution in [-0.2, 0) is 11.3 Å². The Morgan fingerprint density at radius 3 is 2.25 bits per heavy atom. The molecule has 172 valence electrons. The Balaban J connectivity index is 2.11. The first kappa shape index (κ1) is 23.8. The zero-order valence-electron chi connectivity index (χ0n) is 19.3. The summed E-state index contributed by atoms with van der Waals surface area (Å²) >= 11 is 1.48. The molecule has 2 aromatic carbocycles.